The lowest BCUT2D eigenvalue weighted by Gasteiger charge is -1.99. The topological polar surface area (TPSA) is 12.0 Å². The van der Waals surface area contributed by atoms with Crippen LogP contribution >= 0.6 is 11.6 Å². The first-order valence-electron chi connectivity index (χ1n) is 3.86. The van der Waals surface area contributed by atoms with Crippen LogP contribution in [0.5, 0.6) is 0 Å². The first kappa shape index (κ1) is 11.2. The minimum Gasteiger partial charge on any atom is -0.388 e. The molecule has 68 valence electrons. The summed E-state index contributed by atoms with van der Waals surface area (Å²) in [5.74, 6) is -0.322. The number of rotatable bonds is 1. The Bertz CT molecular complexity index is 218. The summed E-state index contributed by atoms with van der Waals surface area (Å²) >= 11 is 5.55. The summed E-state index contributed by atoms with van der Waals surface area (Å²) in [5, 5.41) is 3.19. The van der Waals surface area contributed by atoms with Crippen molar-refractivity contribution in [2.45, 2.75) is 13.8 Å². The standard InChI is InChI=1S/C7H7ClFN.C2H6/c1-10-7-3-5(8)2-6(9)4-7;1-2/h2-4,10H,1H3;1-2H3. The Morgan fingerprint density at radius 3 is 2.25 bits per heavy atom. The van der Waals surface area contributed by atoms with E-state index in [0.29, 0.717) is 10.7 Å². The molecule has 0 unspecified atom stereocenters. The molecule has 0 amide bonds. The summed E-state index contributed by atoms with van der Waals surface area (Å²) in [6.45, 7) is 4.00. The maximum atomic E-state index is 12.5. The van der Waals surface area contributed by atoms with Gasteiger partial charge in [0.15, 0.2) is 0 Å². The van der Waals surface area contributed by atoms with Crippen LogP contribution in [0.2, 0.25) is 5.02 Å². The van der Waals surface area contributed by atoms with E-state index in [1.807, 2.05) is 13.8 Å². The largest absolute Gasteiger partial charge is 0.388 e. The molecule has 1 rings (SSSR count). The van der Waals surface area contributed by atoms with Crippen LogP contribution in [0.15, 0.2) is 18.2 Å². The molecule has 0 aromatic heterocycles. The molecule has 0 radical (unpaired) electrons. The van der Waals surface area contributed by atoms with Crippen molar-refractivity contribution < 1.29 is 4.39 Å². The fourth-order valence-corrected chi connectivity index (χ4v) is 0.920. The monoisotopic (exact) mass is 189 g/mol. The Kier molecular flexibility index (Phi) is 5.47. The van der Waals surface area contributed by atoms with Crippen molar-refractivity contribution in [3.8, 4) is 0 Å². The van der Waals surface area contributed by atoms with Gasteiger partial charge in [0, 0.05) is 17.8 Å². The zero-order valence-corrected chi connectivity index (χ0v) is 8.24. The number of halogens is 2. The van der Waals surface area contributed by atoms with E-state index in [4.69, 9.17) is 11.6 Å². The molecular weight excluding hydrogens is 177 g/mol. The highest BCUT2D eigenvalue weighted by Crippen LogP contribution is 2.16. The molecule has 0 aliphatic heterocycles. The van der Waals surface area contributed by atoms with Crippen LogP contribution in [-0.2, 0) is 0 Å². The molecule has 0 saturated carbocycles. The fourth-order valence-electron chi connectivity index (χ4n) is 0.698. The first-order valence-corrected chi connectivity index (χ1v) is 4.24. The summed E-state index contributed by atoms with van der Waals surface area (Å²) in [6, 6.07) is 4.30. The zero-order chi connectivity index (χ0) is 9.56. The molecule has 0 atom stereocenters. The maximum Gasteiger partial charge on any atom is 0.126 e. The number of hydrogen-bond donors (Lipinski definition) is 1. The van der Waals surface area contributed by atoms with E-state index < -0.39 is 0 Å². The lowest BCUT2D eigenvalue weighted by Crippen LogP contribution is -1.88. The molecule has 0 bridgehead atoms. The highest BCUT2D eigenvalue weighted by Gasteiger charge is 1.95. The second-order valence-corrected chi connectivity index (χ2v) is 2.34. The van der Waals surface area contributed by atoms with Crippen molar-refractivity contribution in [2.75, 3.05) is 12.4 Å². The van der Waals surface area contributed by atoms with Crippen LogP contribution in [0.25, 0.3) is 0 Å². The van der Waals surface area contributed by atoms with Gasteiger partial charge in [0.05, 0.1) is 0 Å². The Balaban J connectivity index is 0.000000561. The molecular formula is C9H13ClFN. The molecule has 1 aromatic carbocycles. The number of hydrogen-bond acceptors (Lipinski definition) is 1. The van der Waals surface area contributed by atoms with Gasteiger partial charge in [-0.3, -0.25) is 0 Å². The van der Waals surface area contributed by atoms with Crippen molar-refractivity contribution >= 4 is 17.3 Å². The van der Waals surface area contributed by atoms with Gasteiger partial charge in [-0.25, -0.2) is 4.39 Å². The molecule has 1 aromatic rings. The third kappa shape index (κ3) is 3.58. The van der Waals surface area contributed by atoms with Crippen LogP contribution in [0.4, 0.5) is 10.1 Å². The molecule has 3 heteroatoms. The van der Waals surface area contributed by atoms with E-state index in [1.54, 1.807) is 13.1 Å². The van der Waals surface area contributed by atoms with Gasteiger partial charge in [-0.1, -0.05) is 25.4 Å². The minimum atomic E-state index is -0.322. The Labute approximate surface area is 77.6 Å². The molecule has 0 saturated heterocycles. The molecule has 1 nitrogen and oxygen atoms in total. The summed E-state index contributed by atoms with van der Waals surface area (Å²) < 4.78 is 12.5. The highest BCUT2D eigenvalue weighted by molar-refractivity contribution is 6.30. The Morgan fingerprint density at radius 2 is 1.83 bits per heavy atom. The van der Waals surface area contributed by atoms with Gasteiger partial charge in [0.2, 0.25) is 0 Å². The number of nitrogens with one attached hydrogen (secondary N) is 1. The van der Waals surface area contributed by atoms with E-state index in [9.17, 15) is 4.39 Å². The van der Waals surface area contributed by atoms with Crippen molar-refractivity contribution in [1.29, 1.82) is 0 Å². The molecule has 0 heterocycles. The van der Waals surface area contributed by atoms with Crippen molar-refractivity contribution in [3.63, 3.8) is 0 Å². The van der Waals surface area contributed by atoms with Gasteiger partial charge < -0.3 is 5.32 Å². The normalized spacial score (nSPS) is 8.42. The van der Waals surface area contributed by atoms with E-state index in [-0.39, 0.29) is 5.82 Å². The van der Waals surface area contributed by atoms with Crippen LogP contribution in [-0.4, -0.2) is 7.05 Å². The molecule has 0 aliphatic rings. The predicted octanol–water partition coefficient (Wildman–Crippen LogP) is 3.55. The van der Waals surface area contributed by atoms with Crippen LogP contribution in [0, 0.1) is 5.82 Å². The third-order valence-corrected chi connectivity index (χ3v) is 1.37. The minimum absolute atomic E-state index is 0.322. The zero-order valence-electron chi connectivity index (χ0n) is 7.49. The van der Waals surface area contributed by atoms with Gasteiger partial charge in [-0.2, -0.15) is 0 Å². The quantitative estimate of drug-likeness (QED) is 0.713. The Hall–Kier alpha value is -0.760. The second kappa shape index (κ2) is 5.84. The van der Waals surface area contributed by atoms with Gasteiger partial charge in [-0.15, -0.1) is 0 Å². The lowest BCUT2D eigenvalue weighted by atomic mass is 10.3. The molecule has 0 spiro atoms. The van der Waals surface area contributed by atoms with Crippen LogP contribution in [0.3, 0.4) is 0 Å². The predicted molar refractivity (Wildman–Crippen MR) is 52.3 cm³/mol. The van der Waals surface area contributed by atoms with Crippen molar-refractivity contribution in [2.24, 2.45) is 0 Å². The van der Waals surface area contributed by atoms with Crippen LogP contribution in [0.1, 0.15) is 13.8 Å². The summed E-state index contributed by atoms with van der Waals surface area (Å²) in [7, 11) is 1.71. The average molecular weight is 190 g/mol. The summed E-state index contributed by atoms with van der Waals surface area (Å²) in [6.07, 6.45) is 0. The summed E-state index contributed by atoms with van der Waals surface area (Å²) in [5.41, 5.74) is 0.685. The van der Waals surface area contributed by atoms with E-state index in [2.05, 4.69) is 5.32 Å². The van der Waals surface area contributed by atoms with Gasteiger partial charge in [0.1, 0.15) is 5.82 Å². The lowest BCUT2D eigenvalue weighted by molar-refractivity contribution is 0.628. The second-order valence-electron chi connectivity index (χ2n) is 1.91. The smallest absolute Gasteiger partial charge is 0.126 e. The van der Waals surface area contributed by atoms with E-state index in [0.717, 1.165) is 0 Å². The molecule has 1 N–H and O–H groups in total. The van der Waals surface area contributed by atoms with Crippen molar-refractivity contribution in [1.82, 2.24) is 0 Å². The third-order valence-electron chi connectivity index (χ3n) is 1.15. The number of anilines is 1. The average Bonchev–Trinajstić information content (AvgIpc) is 2.06. The maximum absolute atomic E-state index is 12.5. The number of benzene rings is 1. The summed E-state index contributed by atoms with van der Waals surface area (Å²) in [4.78, 5) is 0. The van der Waals surface area contributed by atoms with Crippen LogP contribution < -0.4 is 5.32 Å². The highest BCUT2D eigenvalue weighted by atomic mass is 35.5. The Morgan fingerprint density at radius 1 is 1.25 bits per heavy atom. The molecule has 12 heavy (non-hydrogen) atoms. The van der Waals surface area contributed by atoms with E-state index >= 15 is 0 Å². The SMILES string of the molecule is CC.CNc1cc(F)cc(Cl)c1. The fraction of sp³-hybridized carbons (Fsp3) is 0.333. The van der Waals surface area contributed by atoms with Gasteiger partial charge >= 0.3 is 0 Å². The van der Waals surface area contributed by atoms with Gasteiger partial charge in [0.25, 0.3) is 0 Å². The first-order chi connectivity index (χ1) is 5.72. The van der Waals surface area contributed by atoms with E-state index in [1.165, 1.54) is 12.1 Å². The molecule has 0 fully saturated rings. The van der Waals surface area contributed by atoms with Gasteiger partial charge in [-0.05, 0) is 18.2 Å². The van der Waals surface area contributed by atoms with Crippen molar-refractivity contribution in [3.05, 3.63) is 29.0 Å². The molecule has 0 aliphatic carbocycles.